The molecule has 0 bridgehead atoms. The first-order chi connectivity index (χ1) is 9.92. The average Bonchev–Trinajstić information content (AvgIpc) is 2.46. The lowest BCUT2D eigenvalue weighted by molar-refractivity contribution is -0.138. The standard InChI is InChI=1S/C17H28N2O2/c1-6-8-13(3)16(20)18-10-11-19(15(5)12-18)17(21)14(4)9-7-2/h8-9,15H,6-7,10-12H2,1-5H3/b13-8-,14-9+/t15-/m0/s1. The maximum Gasteiger partial charge on any atom is 0.249 e. The van der Waals surface area contributed by atoms with E-state index >= 15 is 0 Å². The molecule has 0 aromatic heterocycles. The molecule has 0 aliphatic carbocycles. The molecule has 1 heterocycles. The molecule has 0 N–H and O–H groups in total. The number of carbonyl (C=O) groups is 2. The number of allylic oxidation sites excluding steroid dienone is 2. The van der Waals surface area contributed by atoms with Gasteiger partial charge >= 0.3 is 0 Å². The number of hydrogen-bond donors (Lipinski definition) is 0. The van der Waals surface area contributed by atoms with E-state index in [9.17, 15) is 9.59 Å². The van der Waals surface area contributed by atoms with Crippen molar-refractivity contribution in [1.29, 1.82) is 0 Å². The molecule has 1 atom stereocenters. The summed E-state index contributed by atoms with van der Waals surface area (Å²) in [5.74, 6) is 0.189. The predicted octanol–water partition coefficient (Wildman–Crippen LogP) is 2.76. The van der Waals surface area contributed by atoms with Gasteiger partial charge in [-0.2, -0.15) is 0 Å². The van der Waals surface area contributed by atoms with Gasteiger partial charge in [-0.25, -0.2) is 0 Å². The average molecular weight is 292 g/mol. The second-order valence-corrected chi connectivity index (χ2v) is 5.69. The molecule has 0 aromatic rings. The second kappa shape index (κ2) is 8.01. The molecule has 0 unspecified atom stereocenters. The third-order valence-electron chi connectivity index (χ3n) is 3.87. The highest BCUT2D eigenvalue weighted by atomic mass is 16.2. The van der Waals surface area contributed by atoms with Crippen LogP contribution in [0.4, 0.5) is 0 Å². The molecule has 0 saturated carbocycles. The van der Waals surface area contributed by atoms with E-state index in [1.807, 2.05) is 56.6 Å². The number of amides is 2. The van der Waals surface area contributed by atoms with Crippen LogP contribution < -0.4 is 0 Å². The molecule has 1 aliphatic heterocycles. The maximum atomic E-state index is 12.4. The van der Waals surface area contributed by atoms with Crippen LogP contribution in [0.1, 0.15) is 47.5 Å². The summed E-state index contributed by atoms with van der Waals surface area (Å²) < 4.78 is 0. The van der Waals surface area contributed by atoms with Crippen molar-refractivity contribution < 1.29 is 9.59 Å². The number of hydrogen-bond acceptors (Lipinski definition) is 2. The lowest BCUT2D eigenvalue weighted by Gasteiger charge is -2.40. The van der Waals surface area contributed by atoms with Gasteiger partial charge in [-0.1, -0.05) is 26.0 Å². The van der Waals surface area contributed by atoms with Gasteiger partial charge in [0.1, 0.15) is 0 Å². The van der Waals surface area contributed by atoms with Crippen LogP contribution in [0.25, 0.3) is 0 Å². The van der Waals surface area contributed by atoms with Crippen molar-refractivity contribution >= 4 is 11.8 Å². The molecule has 4 heteroatoms. The Morgan fingerprint density at radius 2 is 1.52 bits per heavy atom. The minimum Gasteiger partial charge on any atom is -0.335 e. The van der Waals surface area contributed by atoms with Crippen LogP contribution in [0.5, 0.6) is 0 Å². The fourth-order valence-corrected chi connectivity index (χ4v) is 2.71. The van der Waals surface area contributed by atoms with Crippen molar-refractivity contribution in [2.45, 2.75) is 53.5 Å². The zero-order chi connectivity index (χ0) is 16.0. The van der Waals surface area contributed by atoms with Crippen LogP contribution in [0, 0.1) is 0 Å². The van der Waals surface area contributed by atoms with E-state index < -0.39 is 0 Å². The second-order valence-electron chi connectivity index (χ2n) is 5.69. The molecule has 4 nitrogen and oxygen atoms in total. The van der Waals surface area contributed by atoms with E-state index in [0.717, 1.165) is 24.0 Å². The summed E-state index contributed by atoms with van der Waals surface area (Å²) in [6.45, 7) is 11.6. The minimum atomic E-state index is 0.0600. The van der Waals surface area contributed by atoms with E-state index in [-0.39, 0.29) is 17.9 Å². The molecule has 1 saturated heterocycles. The number of nitrogens with zero attached hydrogens (tertiary/aromatic N) is 2. The Balaban J connectivity index is 2.71. The smallest absolute Gasteiger partial charge is 0.249 e. The molecule has 1 fully saturated rings. The Labute approximate surface area is 128 Å². The van der Waals surface area contributed by atoms with Crippen molar-refractivity contribution in [1.82, 2.24) is 9.80 Å². The molecular weight excluding hydrogens is 264 g/mol. The SMILES string of the molecule is CC/C=C(/C)C(=O)N1CCN(C(=O)/C(C)=C/CC)[C@@H](C)C1. The van der Waals surface area contributed by atoms with Gasteiger partial charge in [0.2, 0.25) is 11.8 Å². The monoisotopic (exact) mass is 292 g/mol. The van der Waals surface area contributed by atoms with Gasteiger partial charge in [-0.05, 0) is 33.6 Å². The van der Waals surface area contributed by atoms with Crippen LogP contribution in [-0.2, 0) is 9.59 Å². The molecule has 0 aromatic carbocycles. The zero-order valence-electron chi connectivity index (χ0n) is 14.0. The molecule has 2 amide bonds. The Morgan fingerprint density at radius 1 is 1.00 bits per heavy atom. The first-order valence-corrected chi connectivity index (χ1v) is 7.86. The van der Waals surface area contributed by atoms with Crippen molar-refractivity contribution in [2.75, 3.05) is 19.6 Å². The fourth-order valence-electron chi connectivity index (χ4n) is 2.71. The molecule has 21 heavy (non-hydrogen) atoms. The highest BCUT2D eigenvalue weighted by molar-refractivity contribution is 5.94. The van der Waals surface area contributed by atoms with Crippen molar-refractivity contribution in [3.05, 3.63) is 23.3 Å². The van der Waals surface area contributed by atoms with Gasteiger partial charge in [0, 0.05) is 36.8 Å². The van der Waals surface area contributed by atoms with Crippen LogP contribution >= 0.6 is 0 Å². The summed E-state index contributed by atoms with van der Waals surface area (Å²) in [5, 5.41) is 0. The van der Waals surface area contributed by atoms with Gasteiger partial charge in [-0.3, -0.25) is 9.59 Å². The normalized spacial score (nSPS) is 20.7. The lowest BCUT2D eigenvalue weighted by atomic mass is 10.1. The fraction of sp³-hybridized carbons (Fsp3) is 0.647. The quantitative estimate of drug-likeness (QED) is 0.748. The van der Waals surface area contributed by atoms with Gasteiger partial charge in [-0.15, -0.1) is 0 Å². The largest absolute Gasteiger partial charge is 0.335 e. The summed E-state index contributed by atoms with van der Waals surface area (Å²) in [4.78, 5) is 28.4. The summed E-state index contributed by atoms with van der Waals surface area (Å²) in [6.07, 6.45) is 5.65. The van der Waals surface area contributed by atoms with Gasteiger partial charge in [0.25, 0.3) is 0 Å². The molecular formula is C17H28N2O2. The summed E-state index contributed by atoms with van der Waals surface area (Å²) in [5.41, 5.74) is 1.60. The topological polar surface area (TPSA) is 40.6 Å². The Kier molecular flexibility index (Phi) is 6.66. The predicted molar refractivity (Wildman–Crippen MR) is 85.9 cm³/mol. The molecule has 0 radical (unpaired) electrons. The first kappa shape index (κ1) is 17.5. The van der Waals surface area contributed by atoms with Gasteiger partial charge in [0.15, 0.2) is 0 Å². The van der Waals surface area contributed by atoms with Gasteiger partial charge < -0.3 is 9.80 Å². The van der Waals surface area contributed by atoms with Crippen molar-refractivity contribution in [3.8, 4) is 0 Å². The van der Waals surface area contributed by atoms with Crippen molar-refractivity contribution in [2.24, 2.45) is 0 Å². The molecule has 0 spiro atoms. The van der Waals surface area contributed by atoms with E-state index in [4.69, 9.17) is 0 Å². The zero-order valence-corrected chi connectivity index (χ0v) is 14.0. The highest BCUT2D eigenvalue weighted by Crippen LogP contribution is 2.15. The molecule has 118 valence electrons. The number of piperazine rings is 1. The summed E-state index contributed by atoms with van der Waals surface area (Å²) in [7, 11) is 0. The third kappa shape index (κ3) is 4.45. The van der Waals surface area contributed by atoms with Gasteiger partial charge in [0.05, 0.1) is 0 Å². The van der Waals surface area contributed by atoms with E-state index in [2.05, 4.69) is 0 Å². The number of carbonyl (C=O) groups excluding carboxylic acids is 2. The third-order valence-corrected chi connectivity index (χ3v) is 3.87. The Morgan fingerprint density at radius 3 is 2.00 bits per heavy atom. The highest BCUT2D eigenvalue weighted by Gasteiger charge is 2.30. The maximum absolute atomic E-state index is 12.4. The minimum absolute atomic E-state index is 0.0600. The van der Waals surface area contributed by atoms with Crippen molar-refractivity contribution in [3.63, 3.8) is 0 Å². The van der Waals surface area contributed by atoms with E-state index in [0.29, 0.717) is 19.6 Å². The van der Waals surface area contributed by atoms with Crippen LogP contribution in [-0.4, -0.2) is 47.3 Å². The summed E-state index contributed by atoms with van der Waals surface area (Å²) >= 11 is 0. The van der Waals surface area contributed by atoms with E-state index in [1.54, 1.807) is 0 Å². The lowest BCUT2D eigenvalue weighted by Crippen LogP contribution is -2.55. The van der Waals surface area contributed by atoms with Crippen LogP contribution in [0.3, 0.4) is 0 Å². The Hall–Kier alpha value is -1.58. The Bertz CT molecular complexity index is 452. The number of rotatable bonds is 4. The summed E-state index contributed by atoms with van der Waals surface area (Å²) in [6, 6.07) is 0.0600. The first-order valence-electron chi connectivity index (χ1n) is 7.86. The van der Waals surface area contributed by atoms with Crippen LogP contribution in [0.2, 0.25) is 0 Å². The van der Waals surface area contributed by atoms with E-state index in [1.165, 1.54) is 0 Å². The molecule has 1 aliphatic rings. The van der Waals surface area contributed by atoms with Crippen LogP contribution in [0.15, 0.2) is 23.3 Å². The molecule has 1 rings (SSSR count).